The maximum Gasteiger partial charge on any atom is 0.339 e. The summed E-state index contributed by atoms with van der Waals surface area (Å²) in [6.45, 7) is 0. The maximum atomic E-state index is 12.3. The molecule has 22 heavy (non-hydrogen) atoms. The summed E-state index contributed by atoms with van der Waals surface area (Å²) >= 11 is 0. The molecule has 1 aliphatic rings. The number of aromatic carboxylic acids is 1. The van der Waals surface area contributed by atoms with Crippen molar-refractivity contribution in [3.8, 4) is 5.75 Å². The summed E-state index contributed by atoms with van der Waals surface area (Å²) < 4.78 is 9.92. The van der Waals surface area contributed by atoms with Gasteiger partial charge in [0.25, 0.3) is 5.91 Å². The standard InChI is InChI=1S/C15H14N2O5/c1-21-12-6-9(4-5-10(12)15(19)20)16-14(18)11-7-22-17-13(11)8-2-3-8/h4-8H,2-3H2,1H3,(H,16,18)(H,19,20). The molecule has 1 aliphatic carbocycles. The number of benzene rings is 1. The van der Waals surface area contributed by atoms with Crippen LogP contribution in [0.15, 0.2) is 29.0 Å². The Bertz CT molecular complexity index is 733. The van der Waals surface area contributed by atoms with E-state index >= 15 is 0 Å². The number of nitrogens with one attached hydrogen (secondary N) is 1. The van der Waals surface area contributed by atoms with Crippen LogP contribution in [0, 0.1) is 0 Å². The van der Waals surface area contributed by atoms with Gasteiger partial charge in [-0.2, -0.15) is 0 Å². The summed E-state index contributed by atoms with van der Waals surface area (Å²) in [6.07, 6.45) is 3.34. The highest BCUT2D eigenvalue weighted by Crippen LogP contribution is 2.40. The first-order valence-electron chi connectivity index (χ1n) is 6.77. The molecular weight excluding hydrogens is 288 g/mol. The molecular formula is C15H14N2O5. The van der Waals surface area contributed by atoms with Gasteiger partial charge in [-0.3, -0.25) is 4.79 Å². The summed E-state index contributed by atoms with van der Waals surface area (Å²) in [7, 11) is 1.37. The van der Waals surface area contributed by atoms with Gasteiger partial charge in [-0.1, -0.05) is 5.16 Å². The lowest BCUT2D eigenvalue weighted by Gasteiger charge is -2.09. The summed E-state index contributed by atoms with van der Waals surface area (Å²) in [6, 6.07) is 4.35. The fraction of sp³-hybridized carbons (Fsp3) is 0.267. The first kappa shape index (κ1) is 14.1. The Morgan fingerprint density at radius 2 is 2.14 bits per heavy atom. The zero-order valence-electron chi connectivity index (χ0n) is 11.8. The minimum atomic E-state index is -1.09. The second-order valence-electron chi connectivity index (χ2n) is 5.06. The van der Waals surface area contributed by atoms with E-state index in [9.17, 15) is 9.59 Å². The monoisotopic (exact) mass is 302 g/mol. The lowest BCUT2D eigenvalue weighted by Crippen LogP contribution is -2.13. The predicted molar refractivity (Wildman–Crippen MR) is 76.4 cm³/mol. The van der Waals surface area contributed by atoms with Crippen molar-refractivity contribution < 1.29 is 24.0 Å². The second-order valence-corrected chi connectivity index (χ2v) is 5.06. The largest absolute Gasteiger partial charge is 0.496 e. The molecule has 7 nitrogen and oxygen atoms in total. The van der Waals surface area contributed by atoms with Crippen LogP contribution in [0.25, 0.3) is 0 Å². The maximum absolute atomic E-state index is 12.3. The average molecular weight is 302 g/mol. The Morgan fingerprint density at radius 1 is 1.36 bits per heavy atom. The van der Waals surface area contributed by atoms with Gasteiger partial charge >= 0.3 is 5.97 Å². The topological polar surface area (TPSA) is 102 Å². The molecule has 1 heterocycles. The Hall–Kier alpha value is -2.83. The first-order chi connectivity index (χ1) is 10.6. The van der Waals surface area contributed by atoms with E-state index in [1.165, 1.54) is 31.6 Å². The van der Waals surface area contributed by atoms with Gasteiger partial charge in [-0.25, -0.2) is 4.79 Å². The van der Waals surface area contributed by atoms with Crippen molar-refractivity contribution in [1.82, 2.24) is 5.16 Å². The van der Waals surface area contributed by atoms with Crippen LogP contribution in [0.4, 0.5) is 5.69 Å². The zero-order valence-corrected chi connectivity index (χ0v) is 11.8. The van der Waals surface area contributed by atoms with E-state index in [1.807, 2.05) is 0 Å². The third-order valence-electron chi connectivity index (χ3n) is 3.50. The molecule has 3 rings (SSSR count). The van der Waals surface area contributed by atoms with Crippen LogP contribution < -0.4 is 10.1 Å². The number of anilines is 1. The molecule has 1 saturated carbocycles. The van der Waals surface area contributed by atoms with E-state index < -0.39 is 5.97 Å². The van der Waals surface area contributed by atoms with Crippen molar-refractivity contribution >= 4 is 17.6 Å². The number of nitrogens with zero attached hydrogens (tertiary/aromatic N) is 1. The molecule has 1 aromatic heterocycles. The fourth-order valence-electron chi connectivity index (χ4n) is 2.21. The minimum absolute atomic E-state index is 0.0316. The molecule has 2 aromatic rings. The van der Waals surface area contributed by atoms with Crippen molar-refractivity contribution in [2.75, 3.05) is 12.4 Å². The molecule has 0 bridgehead atoms. The molecule has 0 atom stereocenters. The highest BCUT2D eigenvalue weighted by Gasteiger charge is 2.31. The lowest BCUT2D eigenvalue weighted by atomic mass is 10.1. The number of carboxylic acid groups (broad SMARTS) is 1. The average Bonchev–Trinajstić information content (AvgIpc) is 3.23. The van der Waals surface area contributed by atoms with Crippen LogP contribution in [0.3, 0.4) is 0 Å². The van der Waals surface area contributed by atoms with Crippen molar-refractivity contribution in [2.45, 2.75) is 18.8 Å². The number of ether oxygens (including phenoxy) is 1. The summed E-state index contributed by atoms with van der Waals surface area (Å²) in [5.41, 5.74) is 1.55. The van der Waals surface area contributed by atoms with Crippen molar-refractivity contribution in [2.24, 2.45) is 0 Å². The SMILES string of the molecule is COc1cc(NC(=O)c2conc2C2CC2)ccc1C(=O)O. The molecule has 1 fully saturated rings. The molecule has 0 unspecified atom stereocenters. The Kier molecular flexibility index (Phi) is 3.54. The molecule has 1 amide bonds. The number of methoxy groups -OCH3 is 1. The van der Waals surface area contributed by atoms with E-state index in [2.05, 4.69) is 10.5 Å². The lowest BCUT2D eigenvalue weighted by molar-refractivity contribution is 0.0693. The van der Waals surface area contributed by atoms with Crippen LogP contribution >= 0.6 is 0 Å². The smallest absolute Gasteiger partial charge is 0.339 e. The van der Waals surface area contributed by atoms with Crippen LogP contribution in [0.1, 0.15) is 45.2 Å². The van der Waals surface area contributed by atoms with Crippen LogP contribution in [0.5, 0.6) is 5.75 Å². The third kappa shape index (κ3) is 2.65. The number of aromatic nitrogens is 1. The molecule has 2 N–H and O–H groups in total. The molecule has 1 aromatic carbocycles. The van der Waals surface area contributed by atoms with Gasteiger partial charge < -0.3 is 19.7 Å². The van der Waals surface area contributed by atoms with E-state index in [0.29, 0.717) is 22.9 Å². The summed E-state index contributed by atoms with van der Waals surface area (Å²) in [5.74, 6) is -0.959. The molecule has 7 heteroatoms. The molecule has 0 radical (unpaired) electrons. The number of carbonyl (C=O) groups is 2. The van der Waals surface area contributed by atoms with E-state index in [4.69, 9.17) is 14.4 Å². The number of rotatable bonds is 5. The van der Waals surface area contributed by atoms with E-state index in [0.717, 1.165) is 12.8 Å². The molecule has 114 valence electrons. The Morgan fingerprint density at radius 3 is 2.77 bits per heavy atom. The van der Waals surface area contributed by atoms with Crippen LogP contribution in [-0.4, -0.2) is 29.2 Å². The third-order valence-corrected chi connectivity index (χ3v) is 3.50. The predicted octanol–water partition coefficient (Wildman–Crippen LogP) is 2.51. The van der Waals surface area contributed by atoms with E-state index in [1.54, 1.807) is 0 Å². The van der Waals surface area contributed by atoms with Gasteiger partial charge in [0, 0.05) is 17.7 Å². The van der Waals surface area contributed by atoms with E-state index in [-0.39, 0.29) is 17.2 Å². The highest BCUT2D eigenvalue weighted by molar-refractivity contribution is 6.05. The van der Waals surface area contributed by atoms with Crippen LogP contribution in [-0.2, 0) is 0 Å². The number of amides is 1. The number of hydrogen-bond donors (Lipinski definition) is 2. The summed E-state index contributed by atoms with van der Waals surface area (Å²) in [4.78, 5) is 23.3. The number of carboxylic acids is 1. The van der Waals surface area contributed by atoms with Gasteiger partial charge in [-0.15, -0.1) is 0 Å². The quantitative estimate of drug-likeness (QED) is 0.880. The van der Waals surface area contributed by atoms with Gasteiger partial charge in [0.1, 0.15) is 23.1 Å². The Labute approximate surface area is 125 Å². The number of carbonyl (C=O) groups excluding carboxylic acids is 1. The molecule has 0 spiro atoms. The Balaban J connectivity index is 1.82. The molecule has 0 aliphatic heterocycles. The molecule has 0 saturated heterocycles. The first-order valence-corrected chi connectivity index (χ1v) is 6.77. The number of hydrogen-bond acceptors (Lipinski definition) is 5. The van der Waals surface area contributed by atoms with Gasteiger partial charge in [0.05, 0.1) is 12.8 Å². The van der Waals surface area contributed by atoms with Gasteiger partial charge in [0.2, 0.25) is 0 Å². The minimum Gasteiger partial charge on any atom is -0.496 e. The zero-order chi connectivity index (χ0) is 15.7. The van der Waals surface area contributed by atoms with Crippen LogP contribution in [0.2, 0.25) is 0 Å². The van der Waals surface area contributed by atoms with Crippen molar-refractivity contribution in [1.29, 1.82) is 0 Å². The van der Waals surface area contributed by atoms with Gasteiger partial charge in [-0.05, 0) is 25.0 Å². The summed E-state index contributed by atoms with van der Waals surface area (Å²) in [5, 5.41) is 15.6. The van der Waals surface area contributed by atoms with Gasteiger partial charge in [0.15, 0.2) is 0 Å². The van der Waals surface area contributed by atoms with Crippen molar-refractivity contribution in [3.63, 3.8) is 0 Å². The van der Waals surface area contributed by atoms with Crippen molar-refractivity contribution in [3.05, 3.63) is 41.3 Å². The highest BCUT2D eigenvalue weighted by atomic mass is 16.5. The second kappa shape index (κ2) is 5.51. The fourth-order valence-corrected chi connectivity index (χ4v) is 2.21. The normalized spacial score (nSPS) is 13.7.